The van der Waals surface area contributed by atoms with Gasteiger partial charge in [-0.2, -0.15) is 5.10 Å². The van der Waals surface area contributed by atoms with Crippen LogP contribution in [0.1, 0.15) is 21.7 Å². The summed E-state index contributed by atoms with van der Waals surface area (Å²) in [5.41, 5.74) is 3.05. The van der Waals surface area contributed by atoms with Crippen LogP contribution in [0.2, 0.25) is 0 Å². The van der Waals surface area contributed by atoms with Gasteiger partial charge in [-0.15, -0.1) is 11.3 Å². The number of hydrogen-bond donors (Lipinski definition) is 1. The van der Waals surface area contributed by atoms with Crippen LogP contribution in [0.4, 0.5) is 0 Å². The van der Waals surface area contributed by atoms with Gasteiger partial charge < -0.3 is 5.32 Å². The van der Waals surface area contributed by atoms with Crippen LogP contribution in [-0.2, 0) is 13.6 Å². The van der Waals surface area contributed by atoms with Crippen LogP contribution >= 0.6 is 11.3 Å². The molecule has 1 N–H and O–H groups in total. The molecule has 0 aliphatic rings. The first-order valence-corrected chi connectivity index (χ1v) is 7.79. The number of rotatable bonds is 4. The smallest absolute Gasteiger partial charge is 0.253 e. The quantitative estimate of drug-likeness (QED) is 0.806. The highest BCUT2D eigenvalue weighted by Gasteiger charge is 2.12. The molecule has 0 aliphatic heterocycles. The van der Waals surface area contributed by atoms with Crippen LogP contribution in [0.15, 0.2) is 41.9 Å². The van der Waals surface area contributed by atoms with Crippen LogP contribution in [-0.4, -0.2) is 20.7 Å². The maximum Gasteiger partial charge on any atom is 0.253 e. The zero-order valence-electron chi connectivity index (χ0n) is 12.4. The second-order valence-corrected chi connectivity index (χ2v) is 5.92. The average molecular weight is 312 g/mol. The van der Waals surface area contributed by atoms with E-state index in [0.29, 0.717) is 12.1 Å². The summed E-state index contributed by atoms with van der Waals surface area (Å²) in [6.07, 6.45) is 1.85. The molecule has 0 saturated carbocycles. The van der Waals surface area contributed by atoms with Gasteiger partial charge in [0.2, 0.25) is 0 Å². The van der Waals surface area contributed by atoms with Gasteiger partial charge in [-0.05, 0) is 36.6 Å². The lowest BCUT2D eigenvalue weighted by Crippen LogP contribution is -2.24. The largest absolute Gasteiger partial charge is 0.346 e. The standard InChI is InChI=1S/C16H16N4OS/c1-11-13(5-6-14(18-11)15-4-3-9-22-15)16(21)17-10-12-7-8-20(2)19-12/h3-9H,10H2,1-2H3,(H,17,21). The summed E-state index contributed by atoms with van der Waals surface area (Å²) in [6.45, 7) is 2.26. The highest BCUT2D eigenvalue weighted by molar-refractivity contribution is 7.13. The lowest BCUT2D eigenvalue weighted by Gasteiger charge is -2.07. The van der Waals surface area contributed by atoms with E-state index in [1.165, 1.54) is 0 Å². The Bertz CT molecular complexity index is 792. The Morgan fingerprint density at radius 1 is 1.32 bits per heavy atom. The highest BCUT2D eigenvalue weighted by Crippen LogP contribution is 2.23. The van der Waals surface area contributed by atoms with E-state index in [1.54, 1.807) is 16.0 Å². The third kappa shape index (κ3) is 3.07. The van der Waals surface area contributed by atoms with Crippen molar-refractivity contribution in [1.29, 1.82) is 0 Å². The number of hydrogen-bond acceptors (Lipinski definition) is 4. The number of aromatic nitrogens is 3. The Hall–Kier alpha value is -2.47. The number of amides is 1. The molecule has 0 bridgehead atoms. The van der Waals surface area contributed by atoms with Gasteiger partial charge in [-0.3, -0.25) is 14.5 Å². The molecular formula is C16H16N4OS. The second kappa shape index (κ2) is 6.11. The van der Waals surface area contributed by atoms with Crippen molar-refractivity contribution >= 4 is 17.2 Å². The Labute approximate surface area is 132 Å². The van der Waals surface area contributed by atoms with Crippen molar-refractivity contribution in [1.82, 2.24) is 20.1 Å². The van der Waals surface area contributed by atoms with Crippen molar-refractivity contribution in [2.75, 3.05) is 0 Å². The van der Waals surface area contributed by atoms with Crippen LogP contribution in [0, 0.1) is 6.92 Å². The molecule has 3 rings (SSSR count). The summed E-state index contributed by atoms with van der Waals surface area (Å²) in [6, 6.07) is 9.60. The predicted molar refractivity (Wildman–Crippen MR) is 86.7 cm³/mol. The zero-order valence-corrected chi connectivity index (χ0v) is 13.2. The third-order valence-electron chi connectivity index (χ3n) is 3.30. The monoisotopic (exact) mass is 312 g/mol. The van der Waals surface area contributed by atoms with E-state index >= 15 is 0 Å². The summed E-state index contributed by atoms with van der Waals surface area (Å²) < 4.78 is 1.71. The van der Waals surface area contributed by atoms with Crippen LogP contribution in [0.25, 0.3) is 10.6 Å². The Morgan fingerprint density at radius 2 is 2.18 bits per heavy atom. The fourth-order valence-corrected chi connectivity index (χ4v) is 2.88. The maximum atomic E-state index is 12.3. The Balaban J connectivity index is 1.72. The fraction of sp³-hybridized carbons (Fsp3) is 0.188. The lowest BCUT2D eigenvalue weighted by atomic mass is 10.1. The van der Waals surface area contributed by atoms with Crippen molar-refractivity contribution in [3.8, 4) is 10.6 Å². The second-order valence-electron chi connectivity index (χ2n) is 4.97. The van der Waals surface area contributed by atoms with Crippen LogP contribution in [0.5, 0.6) is 0 Å². The van der Waals surface area contributed by atoms with E-state index in [1.807, 2.05) is 55.9 Å². The van der Waals surface area contributed by atoms with E-state index < -0.39 is 0 Å². The van der Waals surface area contributed by atoms with Crippen molar-refractivity contribution in [2.45, 2.75) is 13.5 Å². The van der Waals surface area contributed by atoms with Crippen molar-refractivity contribution in [2.24, 2.45) is 7.05 Å². The Kier molecular flexibility index (Phi) is 4.02. The minimum Gasteiger partial charge on any atom is -0.346 e. The highest BCUT2D eigenvalue weighted by atomic mass is 32.1. The van der Waals surface area contributed by atoms with Gasteiger partial charge in [-0.25, -0.2) is 0 Å². The molecule has 0 unspecified atom stereocenters. The number of carbonyl (C=O) groups excluding carboxylic acids is 1. The topological polar surface area (TPSA) is 59.8 Å². The number of thiophene rings is 1. The number of aryl methyl sites for hydroxylation is 2. The molecule has 5 nitrogen and oxygen atoms in total. The molecule has 0 fully saturated rings. The molecule has 112 valence electrons. The normalized spacial score (nSPS) is 10.6. The summed E-state index contributed by atoms with van der Waals surface area (Å²) in [5, 5.41) is 9.12. The molecule has 0 aliphatic carbocycles. The van der Waals surface area contributed by atoms with E-state index in [0.717, 1.165) is 22.0 Å². The van der Waals surface area contributed by atoms with Crippen LogP contribution < -0.4 is 5.32 Å². The van der Waals surface area contributed by atoms with Gasteiger partial charge in [0.25, 0.3) is 5.91 Å². The zero-order chi connectivity index (χ0) is 15.5. The van der Waals surface area contributed by atoms with Crippen molar-refractivity contribution in [3.05, 3.63) is 58.9 Å². The van der Waals surface area contributed by atoms with Gasteiger partial charge in [0.05, 0.1) is 34.1 Å². The minimum absolute atomic E-state index is 0.131. The molecule has 3 aromatic heterocycles. The summed E-state index contributed by atoms with van der Waals surface area (Å²) >= 11 is 1.64. The summed E-state index contributed by atoms with van der Waals surface area (Å²) in [7, 11) is 1.85. The third-order valence-corrected chi connectivity index (χ3v) is 4.20. The van der Waals surface area contributed by atoms with Gasteiger partial charge in [0, 0.05) is 13.2 Å². The summed E-state index contributed by atoms with van der Waals surface area (Å²) in [4.78, 5) is 17.9. The molecule has 3 heterocycles. The van der Waals surface area contributed by atoms with E-state index in [9.17, 15) is 4.79 Å². The maximum absolute atomic E-state index is 12.3. The predicted octanol–water partition coefficient (Wildman–Crippen LogP) is 2.78. The first-order valence-electron chi connectivity index (χ1n) is 6.92. The van der Waals surface area contributed by atoms with Gasteiger partial charge in [-0.1, -0.05) is 6.07 Å². The summed E-state index contributed by atoms with van der Waals surface area (Å²) in [5.74, 6) is -0.131. The first-order chi connectivity index (χ1) is 10.6. The van der Waals surface area contributed by atoms with E-state index in [4.69, 9.17) is 0 Å². The van der Waals surface area contributed by atoms with Crippen molar-refractivity contribution < 1.29 is 4.79 Å². The molecule has 0 radical (unpaired) electrons. The number of nitrogens with one attached hydrogen (secondary N) is 1. The fourth-order valence-electron chi connectivity index (χ4n) is 2.19. The molecule has 3 aromatic rings. The number of carbonyl (C=O) groups is 1. The van der Waals surface area contributed by atoms with E-state index in [2.05, 4.69) is 15.4 Å². The molecule has 6 heteroatoms. The van der Waals surface area contributed by atoms with Gasteiger partial charge >= 0.3 is 0 Å². The number of pyridine rings is 1. The SMILES string of the molecule is Cc1nc(-c2cccs2)ccc1C(=O)NCc1ccn(C)n1. The first kappa shape index (κ1) is 14.5. The van der Waals surface area contributed by atoms with E-state index in [-0.39, 0.29) is 5.91 Å². The van der Waals surface area contributed by atoms with Crippen LogP contribution in [0.3, 0.4) is 0 Å². The molecule has 0 aromatic carbocycles. The number of nitrogens with zero attached hydrogens (tertiary/aromatic N) is 3. The average Bonchev–Trinajstić information content (AvgIpc) is 3.16. The van der Waals surface area contributed by atoms with Crippen molar-refractivity contribution in [3.63, 3.8) is 0 Å². The van der Waals surface area contributed by atoms with Gasteiger partial charge in [0.1, 0.15) is 0 Å². The Morgan fingerprint density at radius 3 is 2.82 bits per heavy atom. The molecule has 22 heavy (non-hydrogen) atoms. The molecule has 0 spiro atoms. The molecule has 0 saturated heterocycles. The lowest BCUT2D eigenvalue weighted by molar-refractivity contribution is 0.0949. The molecular weight excluding hydrogens is 296 g/mol. The minimum atomic E-state index is -0.131. The van der Waals surface area contributed by atoms with Gasteiger partial charge in [0.15, 0.2) is 0 Å². The molecule has 0 atom stereocenters. The molecule has 1 amide bonds.